The fourth-order valence-corrected chi connectivity index (χ4v) is 3.74. The second-order valence-electron chi connectivity index (χ2n) is 4.91. The van der Waals surface area contributed by atoms with Crippen LogP contribution < -0.4 is 5.32 Å². The highest BCUT2D eigenvalue weighted by Crippen LogP contribution is 2.28. The molecule has 2 rings (SSSR count). The first-order chi connectivity index (χ1) is 7.79. The Morgan fingerprint density at radius 1 is 1.25 bits per heavy atom. The first-order valence-electron chi connectivity index (χ1n) is 6.32. The van der Waals surface area contributed by atoms with Crippen LogP contribution >= 0.6 is 11.8 Å². The third kappa shape index (κ3) is 3.14. The van der Waals surface area contributed by atoms with E-state index in [1.807, 2.05) is 0 Å². The SMILES string of the molecule is O=C(NC1CCC(CO)CC1)C1CCCS1. The minimum absolute atomic E-state index is 0.204. The Bertz CT molecular complexity index is 233. The number of hydrogen-bond acceptors (Lipinski definition) is 3. The molecule has 1 atom stereocenters. The molecule has 1 heterocycles. The average Bonchev–Trinajstić information content (AvgIpc) is 2.83. The molecule has 2 fully saturated rings. The third-order valence-electron chi connectivity index (χ3n) is 3.67. The lowest BCUT2D eigenvalue weighted by atomic mass is 9.86. The second kappa shape index (κ2) is 5.92. The van der Waals surface area contributed by atoms with Crippen molar-refractivity contribution in [2.24, 2.45) is 5.92 Å². The lowest BCUT2D eigenvalue weighted by Gasteiger charge is -2.28. The Morgan fingerprint density at radius 3 is 2.56 bits per heavy atom. The van der Waals surface area contributed by atoms with Gasteiger partial charge in [0.15, 0.2) is 0 Å². The first-order valence-corrected chi connectivity index (χ1v) is 7.37. The van der Waals surface area contributed by atoms with Gasteiger partial charge in [-0.2, -0.15) is 0 Å². The topological polar surface area (TPSA) is 49.3 Å². The number of amides is 1. The summed E-state index contributed by atoms with van der Waals surface area (Å²) < 4.78 is 0. The van der Waals surface area contributed by atoms with Crippen molar-refractivity contribution in [2.45, 2.75) is 49.8 Å². The largest absolute Gasteiger partial charge is 0.396 e. The van der Waals surface area contributed by atoms with E-state index in [0.717, 1.165) is 37.9 Å². The summed E-state index contributed by atoms with van der Waals surface area (Å²) in [5.74, 6) is 1.85. The zero-order valence-electron chi connectivity index (χ0n) is 9.65. The lowest BCUT2D eigenvalue weighted by Crippen LogP contribution is -2.41. The number of carbonyl (C=O) groups is 1. The summed E-state index contributed by atoms with van der Waals surface area (Å²) in [6.07, 6.45) is 6.41. The standard InChI is InChI=1S/C12H21NO2S/c14-8-9-3-5-10(6-4-9)13-12(15)11-2-1-7-16-11/h9-11,14H,1-8H2,(H,13,15). The van der Waals surface area contributed by atoms with Crippen molar-refractivity contribution in [3.05, 3.63) is 0 Å². The van der Waals surface area contributed by atoms with Gasteiger partial charge >= 0.3 is 0 Å². The van der Waals surface area contributed by atoms with Gasteiger partial charge in [0.05, 0.1) is 5.25 Å². The highest BCUT2D eigenvalue weighted by atomic mass is 32.2. The van der Waals surface area contributed by atoms with Crippen LogP contribution in [0.3, 0.4) is 0 Å². The number of nitrogens with one attached hydrogen (secondary N) is 1. The highest BCUT2D eigenvalue weighted by Gasteiger charge is 2.27. The van der Waals surface area contributed by atoms with Crippen molar-refractivity contribution >= 4 is 17.7 Å². The van der Waals surface area contributed by atoms with Gasteiger partial charge in [-0.1, -0.05) is 0 Å². The van der Waals surface area contributed by atoms with Crippen LogP contribution in [0.1, 0.15) is 38.5 Å². The predicted octanol–water partition coefficient (Wildman–Crippen LogP) is 1.55. The quantitative estimate of drug-likeness (QED) is 0.790. The van der Waals surface area contributed by atoms with Crippen LogP contribution in [0.25, 0.3) is 0 Å². The van der Waals surface area contributed by atoms with Gasteiger partial charge in [-0.25, -0.2) is 0 Å². The zero-order valence-corrected chi connectivity index (χ0v) is 10.5. The van der Waals surface area contributed by atoms with Crippen molar-refractivity contribution < 1.29 is 9.90 Å². The summed E-state index contributed by atoms with van der Waals surface area (Å²) in [5.41, 5.74) is 0. The molecule has 0 bridgehead atoms. The predicted molar refractivity (Wildman–Crippen MR) is 66.5 cm³/mol. The van der Waals surface area contributed by atoms with E-state index < -0.39 is 0 Å². The molecule has 0 aromatic heterocycles. The number of carbonyl (C=O) groups excluding carboxylic acids is 1. The van der Waals surface area contributed by atoms with E-state index in [2.05, 4.69) is 5.32 Å². The number of aliphatic hydroxyl groups excluding tert-OH is 1. The number of thioether (sulfide) groups is 1. The molecule has 0 radical (unpaired) electrons. The Morgan fingerprint density at radius 2 is 2.00 bits per heavy atom. The van der Waals surface area contributed by atoms with Crippen LogP contribution in [-0.4, -0.2) is 34.7 Å². The molecule has 2 aliphatic rings. The molecule has 1 aliphatic carbocycles. The molecule has 3 nitrogen and oxygen atoms in total. The van der Waals surface area contributed by atoms with E-state index in [-0.39, 0.29) is 11.2 Å². The van der Waals surface area contributed by atoms with Crippen LogP contribution in [-0.2, 0) is 4.79 Å². The fraction of sp³-hybridized carbons (Fsp3) is 0.917. The molecule has 1 aliphatic heterocycles. The molecule has 16 heavy (non-hydrogen) atoms. The maximum atomic E-state index is 11.9. The van der Waals surface area contributed by atoms with Crippen LogP contribution in [0.4, 0.5) is 0 Å². The summed E-state index contributed by atoms with van der Waals surface area (Å²) in [6, 6.07) is 0.358. The monoisotopic (exact) mass is 243 g/mol. The molecular weight excluding hydrogens is 222 g/mol. The first kappa shape index (κ1) is 12.2. The van der Waals surface area contributed by atoms with Crippen molar-refractivity contribution in [3.63, 3.8) is 0 Å². The smallest absolute Gasteiger partial charge is 0.233 e. The molecule has 1 saturated carbocycles. The molecule has 1 unspecified atom stereocenters. The van der Waals surface area contributed by atoms with E-state index in [4.69, 9.17) is 5.11 Å². The van der Waals surface area contributed by atoms with E-state index in [1.165, 1.54) is 6.42 Å². The highest BCUT2D eigenvalue weighted by molar-refractivity contribution is 8.00. The molecule has 1 amide bonds. The lowest BCUT2D eigenvalue weighted by molar-refractivity contribution is -0.121. The summed E-state index contributed by atoms with van der Waals surface area (Å²) in [4.78, 5) is 11.9. The number of rotatable bonds is 3. The van der Waals surface area contributed by atoms with Crippen LogP contribution in [0.5, 0.6) is 0 Å². The molecule has 92 valence electrons. The van der Waals surface area contributed by atoms with Gasteiger partial charge in [0.1, 0.15) is 0 Å². The second-order valence-corrected chi connectivity index (χ2v) is 6.22. The summed E-state index contributed by atoms with van der Waals surface area (Å²) in [5, 5.41) is 12.4. The van der Waals surface area contributed by atoms with E-state index >= 15 is 0 Å². The fourth-order valence-electron chi connectivity index (χ4n) is 2.57. The van der Waals surface area contributed by atoms with Crippen molar-refractivity contribution in [2.75, 3.05) is 12.4 Å². The Hall–Kier alpha value is -0.220. The van der Waals surface area contributed by atoms with E-state index in [1.54, 1.807) is 11.8 Å². The van der Waals surface area contributed by atoms with Gasteiger partial charge in [-0.3, -0.25) is 4.79 Å². The van der Waals surface area contributed by atoms with Crippen LogP contribution in [0.2, 0.25) is 0 Å². The Kier molecular flexibility index (Phi) is 4.53. The Balaban J connectivity index is 1.71. The van der Waals surface area contributed by atoms with Gasteiger partial charge in [-0.05, 0) is 50.2 Å². The van der Waals surface area contributed by atoms with Crippen molar-refractivity contribution in [1.29, 1.82) is 0 Å². The van der Waals surface area contributed by atoms with Crippen LogP contribution in [0.15, 0.2) is 0 Å². The number of hydrogen-bond donors (Lipinski definition) is 2. The third-order valence-corrected chi connectivity index (χ3v) is 5.05. The molecule has 1 saturated heterocycles. The molecule has 4 heteroatoms. The molecule has 0 aromatic rings. The Labute approximate surface area is 101 Å². The molecule has 2 N–H and O–H groups in total. The maximum absolute atomic E-state index is 11.9. The molecule has 0 aromatic carbocycles. The van der Waals surface area contributed by atoms with Gasteiger partial charge in [0.2, 0.25) is 5.91 Å². The maximum Gasteiger partial charge on any atom is 0.233 e. The molecular formula is C12H21NO2S. The van der Waals surface area contributed by atoms with E-state index in [9.17, 15) is 4.79 Å². The van der Waals surface area contributed by atoms with E-state index in [0.29, 0.717) is 18.6 Å². The molecule has 0 spiro atoms. The van der Waals surface area contributed by atoms with Crippen LogP contribution in [0, 0.1) is 5.92 Å². The minimum atomic E-state index is 0.204. The van der Waals surface area contributed by atoms with Gasteiger partial charge in [0.25, 0.3) is 0 Å². The normalized spacial score (nSPS) is 34.9. The summed E-state index contributed by atoms with van der Waals surface area (Å²) >= 11 is 1.79. The zero-order chi connectivity index (χ0) is 11.4. The van der Waals surface area contributed by atoms with Gasteiger partial charge < -0.3 is 10.4 Å². The summed E-state index contributed by atoms with van der Waals surface area (Å²) in [7, 11) is 0. The van der Waals surface area contributed by atoms with Crippen molar-refractivity contribution in [3.8, 4) is 0 Å². The average molecular weight is 243 g/mol. The van der Waals surface area contributed by atoms with Gasteiger partial charge in [-0.15, -0.1) is 11.8 Å². The van der Waals surface area contributed by atoms with Gasteiger partial charge in [0, 0.05) is 12.6 Å². The summed E-state index contributed by atoms with van der Waals surface area (Å²) in [6.45, 7) is 0.305. The number of aliphatic hydroxyl groups is 1. The minimum Gasteiger partial charge on any atom is -0.396 e. The van der Waals surface area contributed by atoms with Crippen molar-refractivity contribution in [1.82, 2.24) is 5.32 Å².